The molecule has 8 heteroatoms. The van der Waals surface area contributed by atoms with Crippen molar-refractivity contribution in [1.29, 1.82) is 0 Å². The van der Waals surface area contributed by atoms with Gasteiger partial charge in [-0.15, -0.1) is 0 Å². The monoisotopic (exact) mass is 418 g/mol. The Morgan fingerprint density at radius 1 is 1.17 bits per heavy atom. The number of benzene rings is 2. The highest BCUT2D eigenvalue weighted by Crippen LogP contribution is 2.48. The maximum absolute atomic E-state index is 13.5. The lowest BCUT2D eigenvalue weighted by Gasteiger charge is -2.40. The highest BCUT2D eigenvalue weighted by molar-refractivity contribution is 7.89. The standard InChI is InChI=1S/C21H23FN2O4S/c22-13-4-3-5-14(12-13)29(27,28)24-18-9-10-19-21(16(18)8-11-20(25)26)15-6-1-2-7-17(15)23-19/h1-7,12,16,18-19,21,23-24H,8-11H2,(H,25,26). The first kappa shape index (κ1) is 19.8. The Balaban J connectivity index is 1.64. The average molecular weight is 418 g/mol. The van der Waals surface area contributed by atoms with Crippen LogP contribution in [0.4, 0.5) is 10.1 Å². The number of carboxylic acid groups (broad SMARTS) is 1. The first-order valence-electron chi connectivity index (χ1n) is 9.70. The lowest BCUT2D eigenvalue weighted by molar-refractivity contribution is -0.137. The second kappa shape index (κ2) is 7.76. The molecule has 1 aliphatic carbocycles. The van der Waals surface area contributed by atoms with Gasteiger partial charge in [0.25, 0.3) is 0 Å². The molecule has 2 aliphatic rings. The molecule has 154 valence electrons. The molecule has 2 aromatic carbocycles. The molecule has 4 atom stereocenters. The van der Waals surface area contributed by atoms with Gasteiger partial charge in [0, 0.05) is 30.1 Å². The average Bonchev–Trinajstić information content (AvgIpc) is 3.05. The number of hydrogen-bond acceptors (Lipinski definition) is 4. The van der Waals surface area contributed by atoms with Crippen LogP contribution < -0.4 is 10.0 Å². The highest BCUT2D eigenvalue weighted by atomic mass is 32.2. The quantitative estimate of drug-likeness (QED) is 0.669. The van der Waals surface area contributed by atoms with Gasteiger partial charge in [0.05, 0.1) is 4.90 Å². The van der Waals surface area contributed by atoms with Crippen LogP contribution in [-0.4, -0.2) is 31.6 Å². The van der Waals surface area contributed by atoms with Gasteiger partial charge in [-0.2, -0.15) is 0 Å². The van der Waals surface area contributed by atoms with Gasteiger partial charge in [-0.25, -0.2) is 17.5 Å². The van der Waals surface area contributed by atoms with Gasteiger partial charge in [0.1, 0.15) is 5.82 Å². The zero-order valence-electron chi connectivity index (χ0n) is 15.7. The van der Waals surface area contributed by atoms with Crippen molar-refractivity contribution in [2.24, 2.45) is 5.92 Å². The van der Waals surface area contributed by atoms with Gasteiger partial charge >= 0.3 is 5.97 Å². The van der Waals surface area contributed by atoms with Gasteiger partial charge in [-0.1, -0.05) is 24.3 Å². The van der Waals surface area contributed by atoms with Crippen molar-refractivity contribution < 1.29 is 22.7 Å². The number of sulfonamides is 1. The van der Waals surface area contributed by atoms with E-state index in [1.807, 2.05) is 24.3 Å². The second-order valence-corrected chi connectivity index (χ2v) is 9.44. The topological polar surface area (TPSA) is 95.5 Å². The Kier molecular flexibility index (Phi) is 5.31. The lowest BCUT2D eigenvalue weighted by atomic mass is 9.70. The Labute approximate surface area is 169 Å². The molecule has 1 aliphatic heterocycles. The summed E-state index contributed by atoms with van der Waals surface area (Å²) in [6.07, 6.45) is 1.68. The predicted molar refractivity (Wildman–Crippen MR) is 107 cm³/mol. The molecule has 6 nitrogen and oxygen atoms in total. The molecule has 0 bridgehead atoms. The summed E-state index contributed by atoms with van der Waals surface area (Å²) in [6.45, 7) is 0. The molecule has 0 aromatic heterocycles. The number of fused-ring (bicyclic) bond motifs is 3. The molecule has 1 fully saturated rings. The van der Waals surface area contributed by atoms with Crippen LogP contribution in [0.5, 0.6) is 0 Å². The largest absolute Gasteiger partial charge is 0.481 e. The summed E-state index contributed by atoms with van der Waals surface area (Å²) in [7, 11) is -3.92. The molecule has 0 radical (unpaired) electrons. The molecule has 4 rings (SSSR count). The van der Waals surface area contributed by atoms with Crippen LogP contribution in [0.25, 0.3) is 0 Å². The number of para-hydroxylation sites is 1. The Hall–Kier alpha value is -2.45. The van der Waals surface area contributed by atoms with E-state index in [1.165, 1.54) is 18.2 Å². The zero-order chi connectivity index (χ0) is 20.6. The summed E-state index contributed by atoms with van der Waals surface area (Å²) in [4.78, 5) is 11.1. The minimum atomic E-state index is -3.92. The SMILES string of the molecule is O=C(O)CCC1C(NS(=O)(=O)c2cccc(F)c2)CCC2Nc3ccccc3C21. The van der Waals surface area contributed by atoms with E-state index in [4.69, 9.17) is 0 Å². The summed E-state index contributed by atoms with van der Waals surface area (Å²) < 4.78 is 42.0. The summed E-state index contributed by atoms with van der Waals surface area (Å²) in [5.74, 6) is -1.67. The fraction of sp³-hybridized carbons (Fsp3) is 0.381. The van der Waals surface area contributed by atoms with Crippen molar-refractivity contribution in [2.45, 2.75) is 48.6 Å². The number of rotatable bonds is 6. The van der Waals surface area contributed by atoms with Gasteiger partial charge in [0.2, 0.25) is 10.0 Å². The Bertz CT molecular complexity index is 1030. The Morgan fingerprint density at radius 2 is 1.97 bits per heavy atom. The number of halogens is 1. The molecule has 0 spiro atoms. The molecule has 0 saturated heterocycles. The molecule has 29 heavy (non-hydrogen) atoms. The molecule has 1 saturated carbocycles. The third kappa shape index (κ3) is 4.00. The van der Waals surface area contributed by atoms with Gasteiger partial charge in [-0.05, 0) is 55.0 Å². The van der Waals surface area contributed by atoms with Crippen LogP contribution in [0.3, 0.4) is 0 Å². The van der Waals surface area contributed by atoms with E-state index in [0.29, 0.717) is 12.8 Å². The molecular formula is C21H23FN2O4S. The van der Waals surface area contributed by atoms with Crippen LogP contribution in [0.15, 0.2) is 53.4 Å². The molecule has 1 heterocycles. The summed E-state index contributed by atoms with van der Waals surface area (Å²) >= 11 is 0. The van der Waals surface area contributed by atoms with E-state index in [9.17, 15) is 22.7 Å². The second-order valence-electron chi connectivity index (χ2n) is 7.72. The first-order chi connectivity index (χ1) is 13.8. The van der Waals surface area contributed by atoms with Crippen molar-refractivity contribution in [3.8, 4) is 0 Å². The van der Waals surface area contributed by atoms with E-state index in [2.05, 4.69) is 10.0 Å². The molecule has 0 amide bonds. The minimum absolute atomic E-state index is 0.0273. The van der Waals surface area contributed by atoms with E-state index in [0.717, 1.165) is 23.7 Å². The fourth-order valence-corrected chi connectivity index (χ4v) is 6.10. The van der Waals surface area contributed by atoms with E-state index < -0.39 is 27.9 Å². The number of nitrogens with one attached hydrogen (secondary N) is 2. The fourth-order valence-electron chi connectivity index (χ4n) is 4.75. The van der Waals surface area contributed by atoms with Crippen LogP contribution in [0.1, 0.15) is 37.2 Å². The zero-order valence-corrected chi connectivity index (χ0v) is 16.5. The van der Waals surface area contributed by atoms with Crippen molar-refractivity contribution in [3.63, 3.8) is 0 Å². The molecule has 3 N–H and O–H groups in total. The molecule has 2 aromatic rings. The third-order valence-corrected chi connectivity index (χ3v) is 7.45. The van der Waals surface area contributed by atoms with E-state index >= 15 is 0 Å². The van der Waals surface area contributed by atoms with Crippen molar-refractivity contribution >= 4 is 21.7 Å². The van der Waals surface area contributed by atoms with E-state index in [1.54, 1.807) is 0 Å². The van der Waals surface area contributed by atoms with Crippen LogP contribution in [0.2, 0.25) is 0 Å². The maximum Gasteiger partial charge on any atom is 0.303 e. The minimum Gasteiger partial charge on any atom is -0.481 e. The van der Waals surface area contributed by atoms with Gasteiger partial charge < -0.3 is 10.4 Å². The molecule has 4 unspecified atom stereocenters. The predicted octanol–water partition coefficient (Wildman–Crippen LogP) is 3.33. The smallest absolute Gasteiger partial charge is 0.303 e. The number of hydrogen-bond donors (Lipinski definition) is 3. The molecular weight excluding hydrogens is 395 g/mol. The van der Waals surface area contributed by atoms with Crippen LogP contribution in [0, 0.1) is 11.7 Å². The highest BCUT2D eigenvalue weighted by Gasteiger charge is 2.45. The van der Waals surface area contributed by atoms with Crippen LogP contribution in [-0.2, 0) is 14.8 Å². The van der Waals surface area contributed by atoms with Crippen molar-refractivity contribution in [3.05, 3.63) is 59.9 Å². The lowest BCUT2D eigenvalue weighted by Crippen LogP contribution is -2.48. The third-order valence-electron chi connectivity index (χ3n) is 5.97. The van der Waals surface area contributed by atoms with Gasteiger partial charge in [0.15, 0.2) is 0 Å². The summed E-state index contributed by atoms with van der Waals surface area (Å²) in [5.41, 5.74) is 2.12. The van der Waals surface area contributed by atoms with Crippen molar-refractivity contribution in [2.75, 3.05) is 5.32 Å². The number of carboxylic acids is 1. The number of aliphatic carboxylic acids is 1. The first-order valence-corrected chi connectivity index (χ1v) is 11.2. The van der Waals surface area contributed by atoms with Gasteiger partial charge in [-0.3, -0.25) is 4.79 Å². The Morgan fingerprint density at radius 3 is 2.72 bits per heavy atom. The number of carbonyl (C=O) groups is 1. The van der Waals surface area contributed by atoms with E-state index in [-0.39, 0.29) is 29.2 Å². The summed E-state index contributed by atoms with van der Waals surface area (Å²) in [6, 6.07) is 12.5. The number of anilines is 1. The normalized spacial score (nSPS) is 25.7. The van der Waals surface area contributed by atoms with Crippen LogP contribution >= 0.6 is 0 Å². The summed E-state index contributed by atoms with van der Waals surface area (Å²) in [5, 5.41) is 12.7. The maximum atomic E-state index is 13.5. The van der Waals surface area contributed by atoms with Crippen molar-refractivity contribution in [1.82, 2.24) is 4.72 Å².